The molecule has 0 atom stereocenters. The highest BCUT2D eigenvalue weighted by molar-refractivity contribution is 6.21. The Morgan fingerprint density at radius 2 is 1.90 bits per heavy atom. The highest BCUT2D eigenvalue weighted by Gasteiger charge is 2.26. The zero-order valence-electron chi connectivity index (χ0n) is 10.7. The number of fused-ring (bicyclic) bond motifs is 1. The fourth-order valence-corrected chi connectivity index (χ4v) is 2.08. The number of aryl methyl sites for hydroxylation is 1. The van der Waals surface area contributed by atoms with E-state index in [2.05, 4.69) is 15.6 Å². The van der Waals surface area contributed by atoms with Gasteiger partial charge in [0.25, 0.3) is 11.8 Å². The summed E-state index contributed by atoms with van der Waals surface area (Å²) in [6, 6.07) is 6.72. The Hall–Kier alpha value is -2.89. The predicted octanol–water partition coefficient (Wildman–Crippen LogP) is 1.60. The van der Waals surface area contributed by atoms with Crippen LogP contribution in [0.2, 0.25) is 0 Å². The molecule has 4 N–H and O–H groups in total. The fraction of sp³-hybridized carbons (Fsp3) is 0.0714. The normalized spacial score (nSPS) is 13.1. The third kappa shape index (κ3) is 1.97. The Morgan fingerprint density at radius 3 is 2.65 bits per heavy atom. The lowest BCUT2D eigenvalue weighted by atomic mass is 10.1. The molecular formula is C14H12N4O2. The van der Waals surface area contributed by atoms with E-state index < -0.39 is 5.91 Å². The van der Waals surface area contributed by atoms with E-state index >= 15 is 0 Å². The number of nitrogens with two attached hydrogens (primary N) is 1. The minimum absolute atomic E-state index is 0.352. The molecule has 0 aliphatic carbocycles. The molecule has 0 saturated carbocycles. The van der Waals surface area contributed by atoms with Crippen molar-refractivity contribution < 1.29 is 9.59 Å². The Bertz CT molecular complexity index is 740. The van der Waals surface area contributed by atoms with Gasteiger partial charge in [-0.3, -0.25) is 14.9 Å². The first-order chi connectivity index (χ1) is 9.54. The molecule has 0 fully saturated rings. The number of hydrogen-bond acceptors (Lipinski definition) is 5. The average Bonchev–Trinajstić information content (AvgIpc) is 2.68. The van der Waals surface area contributed by atoms with Crippen molar-refractivity contribution >= 4 is 29.0 Å². The number of anilines is 3. The summed E-state index contributed by atoms with van der Waals surface area (Å²) in [5.74, 6) is -0.247. The maximum atomic E-state index is 11.6. The van der Waals surface area contributed by atoms with Gasteiger partial charge in [-0.15, -0.1) is 0 Å². The number of nitrogen functional groups attached to an aromatic ring is 1. The van der Waals surface area contributed by atoms with Crippen molar-refractivity contribution in [3.05, 3.63) is 47.2 Å². The van der Waals surface area contributed by atoms with Gasteiger partial charge in [-0.1, -0.05) is 0 Å². The van der Waals surface area contributed by atoms with Crippen molar-refractivity contribution in [2.75, 3.05) is 11.1 Å². The molecule has 20 heavy (non-hydrogen) atoms. The van der Waals surface area contributed by atoms with Gasteiger partial charge in [0.15, 0.2) is 5.82 Å². The van der Waals surface area contributed by atoms with Crippen LogP contribution in [-0.2, 0) is 0 Å². The molecule has 1 aliphatic heterocycles. The van der Waals surface area contributed by atoms with Crippen LogP contribution in [0.1, 0.15) is 26.3 Å². The van der Waals surface area contributed by atoms with Gasteiger partial charge in [-0.05, 0) is 36.8 Å². The molecule has 0 unspecified atom stereocenters. The van der Waals surface area contributed by atoms with Crippen molar-refractivity contribution in [3.63, 3.8) is 0 Å². The highest BCUT2D eigenvalue weighted by atomic mass is 16.2. The second-order valence-corrected chi connectivity index (χ2v) is 4.62. The molecule has 6 nitrogen and oxygen atoms in total. The Morgan fingerprint density at radius 1 is 1.15 bits per heavy atom. The molecule has 0 spiro atoms. The Kier molecular flexibility index (Phi) is 2.64. The van der Waals surface area contributed by atoms with Crippen LogP contribution >= 0.6 is 0 Å². The van der Waals surface area contributed by atoms with E-state index in [-0.39, 0.29) is 5.91 Å². The van der Waals surface area contributed by atoms with Gasteiger partial charge in [0, 0.05) is 11.9 Å². The smallest absolute Gasteiger partial charge is 0.259 e. The first kappa shape index (κ1) is 12.2. The largest absolute Gasteiger partial charge is 0.396 e. The van der Waals surface area contributed by atoms with E-state index in [0.717, 1.165) is 5.56 Å². The molecule has 0 bridgehead atoms. The predicted molar refractivity (Wildman–Crippen MR) is 74.9 cm³/mol. The standard InChI is InChI=1S/C14H12N4O2/c1-7-4-11(15)12(16-6-7)17-8-2-3-9-10(5-8)14(20)18-13(9)19/h2-6H,15H2,1H3,(H,16,17)(H,18,19,20). The van der Waals surface area contributed by atoms with E-state index in [1.807, 2.05) is 6.92 Å². The zero-order valence-corrected chi connectivity index (χ0v) is 10.7. The maximum absolute atomic E-state index is 11.6. The summed E-state index contributed by atoms with van der Waals surface area (Å²) in [4.78, 5) is 27.2. The number of hydrogen-bond donors (Lipinski definition) is 3. The Labute approximate surface area is 115 Å². The molecule has 100 valence electrons. The highest BCUT2D eigenvalue weighted by Crippen LogP contribution is 2.25. The molecule has 1 aliphatic rings. The molecule has 3 rings (SSSR count). The topological polar surface area (TPSA) is 97.1 Å². The van der Waals surface area contributed by atoms with Crippen LogP contribution in [0.25, 0.3) is 0 Å². The number of nitrogens with zero attached hydrogens (tertiary/aromatic N) is 1. The van der Waals surface area contributed by atoms with Crippen molar-refractivity contribution in [3.8, 4) is 0 Å². The minimum Gasteiger partial charge on any atom is -0.396 e. The van der Waals surface area contributed by atoms with Crippen molar-refractivity contribution in [2.24, 2.45) is 0 Å². The molecule has 2 heterocycles. The van der Waals surface area contributed by atoms with E-state index in [0.29, 0.717) is 28.3 Å². The summed E-state index contributed by atoms with van der Waals surface area (Å²) in [7, 11) is 0. The lowest BCUT2D eigenvalue weighted by Gasteiger charge is -2.09. The molecule has 2 amide bonds. The number of pyridine rings is 1. The molecule has 6 heteroatoms. The van der Waals surface area contributed by atoms with Crippen LogP contribution in [0.4, 0.5) is 17.2 Å². The number of carbonyl (C=O) groups excluding carboxylic acids is 2. The summed E-state index contributed by atoms with van der Waals surface area (Å²) in [6.07, 6.45) is 1.70. The van der Waals surface area contributed by atoms with Gasteiger partial charge < -0.3 is 11.1 Å². The fourth-order valence-electron chi connectivity index (χ4n) is 2.08. The van der Waals surface area contributed by atoms with E-state index in [9.17, 15) is 9.59 Å². The van der Waals surface area contributed by atoms with Crippen molar-refractivity contribution in [2.45, 2.75) is 6.92 Å². The zero-order chi connectivity index (χ0) is 14.3. The number of benzene rings is 1. The molecule has 1 aromatic heterocycles. The van der Waals surface area contributed by atoms with Crippen LogP contribution in [0, 0.1) is 6.92 Å². The third-order valence-electron chi connectivity index (χ3n) is 3.05. The van der Waals surface area contributed by atoms with E-state index in [1.165, 1.54) is 0 Å². The third-order valence-corrected chi connectivity index (χ3v) is 3.05. The van der Waals surface area contributed by atoms with Crippen LogP contribution < -0.4 is 16.4 Å². The van der Waals surface area contributed by atoms with Gasteiger partial charge in [-0.25, -0.2) is 4.98 Å². The molecule has 1 aromatic carbocycles. The van der Waals surface area contributed by atoms with Gasteiger partial charge in [0.1, 0.15) is 0 Å². The number of carbonyl (C=O) groups is 2. The average molecular weight is 268 g/mol. The Balaban J connectivity index is 1.95. The number of aromatic nitrogens is 1. The van der Waals surface area contributed by atoms with Gasteiger partial charge in [0.2, 0.25) is 0 Å². The summed E-state index contributed by atoms with van der Waals surface area (Å²) in [5.41, 5.74) is 8.74. The van der Waals surface area contributed by atoms with Crippen LogP contribution in [-0.4, -0.2) is 16.8 Å². The number of amides is 2. The number of imide groups is 1. The van der Waals surface area contributed by atoms with Crippen molar-refractivity contribution in [1.29, 1.82) is 0 Å². The molecule has 2 aromatic rings. The summed E-state index contributed by atoms with van der Waals surface area (Å²) in [5, 5.41) is 5.28. The van der Waals surface area contributed by atoms with E-state index in [4.69, 9.17) is 5.73 Å². The summed E-state index contributed by atoms with van der Waals surface area (Å²) >= 11 is 0. The summed E-state index contributed by atoms with van der Waals surface area (Å²) in [6.45, 7) is 1.90. The number of nitrogens with one attached hydrogen (secondary N) is 2. The SMILES string of the molecule is Cc1cnc(Nc2ccc3c(c2)C(=O)NC3=O)c(N)c1. The molecular weight excluding hydrogens is 256 g/mol. The first-order valence-corrected chi connectivity index (χ1v) is 6.03. The maximum Gasteiger partial charge on any atom is 0.259 e. The monoisotopic (exact) mass is 268 g/mol. The van der Waals surface area contributed by atoms with Gasteiger partial charge in [-0.2, -0.15) is 0 Å². The lowest BCUT2D eigenvalue weighted by molar-refractivity contribution is 0.0879. The first-order valence-electron chi connectivity index (χ1n) is 6.03. The number of rotatable bonds is 2. The quantitative estimate of drug-likeness (QED) is 0.719. The van der Waals surface area contributed by atoms with Crippen molar-refractivity contribution in [1.82, 2.24) is 10.3 Å². The van der Waals surface area contributed by atoms with Crippen LogP contribution in [0.15, 0.2) is 30.5 Å². The minimum atomic E-state index is -0.390. The summed E-state index contributed by atoms with van der Waals surface area (Å²) < 4.78 is 0. The van der Waals surface area contributed by atoms with Gasteiger partial charge >= 0.3 is 0 Å². The second-order valence-electron chi connectivity index (χ2n) is 4.62. The second kappa shape index (κ2) is 4.34. The van der Waals surface area contributed by atoms with E-state index in [1.54, 1.807) is 30.5 Å². The van der Waals surface area contributed by atoms with Crippen LogP contribution in [0.5, 0.6) is 0 Å². The van der Waals surface area contributed by atoms with Gasteiger partial charge in [0.05, 0.1) is 16.8 Å². The van der Waals surface area contributed by atoms with Crippen LogP contribution in [0.3, 0.4) is 0 Å². The molecule has 0 radical (unpaired) electrons. The lowest BCUT2D eigenvalue weighted by Crippen LogP contribution is -2.19. The molecule has 0 saturated heterocycles.